The largest absolute Gasteiger partial charge is 0.497 e. The summed E-state index contributed by atoms with van der Waals surface area (Å²) >= 11 is 0. The summed E-state index contributed by atoms with van der Waals surface area (Å²) < 4.78 is 269. The Morgan fingerprint density at radius 2 is 0.879 bits per heavy atom. The summed E-state index contributed by atoms with van der Waals surface area (Å²) in [5.74, 6) is -59.0. The molecule has 58 heavy (non-hydrogen) atoms. The van der Waals surface area contributed by atoms with E-state index in [2.05, 4.69) is 0 Å². The maximum atomic E-state index is 15.2. The number of methoxy groups -OCH3 is 1. The molecule has 0 atom stereocenters. The quantitative estimate of drug-likeness (QED) is 0.0727. The van der Waals surface area contributed by atoms with Crippen LogP contribution >= 0.6 is 0 Å². The lowest BCUT2D eigenvalue weighted by atomic mass is 9.85. The van der Waals surface area contributed by atoms with Gasteiger partial charge in [-0.3, -0.25) is 9.35 Å². The lowest BCUT2D eigenvalue weighted by Crippen LogP contribution is -2.75. The monoisotopic (exact) mass is 874 g/mol. The molecule has 6 nitrogen and oxygen atoms in total. The van der Waals surface area contributed by atoms with E-state index < -0.39 is 84.9 Å². The zero-order chi connectivity index (χ0) is 44.3. The Hall–Kier alpha value is -5.06. The van der Waals surface area contributed by atoms with Crippen molar-refractivity contribution >= 4 is 15.9 Å². The highest BCUT2D eigenvalue weighted by Gasteiger charge is 2.96. The topological polar surface area (TPSA) is 89.9 Å². The molecule has 0 saturated carbocycles. The predicted octanol–water partition coefficient (Wildman–Crippen LogP) is 11.1. The highest BCUT2D eigenvalue weighted by molar-refractivity contribution is 7.87. The van der Waals surface area contributed by atoms with Crippen molar-refractivity contribution in [3.8, 4) is 28.4 Å². The second-order valence-corrected chi connectivity index (χ2v) is 13.7. The minimum Gasteiger partial charge on any atom is -0.497 e. The number of hydrogen-bond acceptors (Lipinski definition) is 5. The summed E-state index contributed by atoms with van der Waals surface area (Å²) in [5.41, 5.74) is -3.65. The normalized spacial score (nSPS) is 14.0. The maximum Gasteiger partial charge on any atom is 0.438 e. The first-order valence-corrected chi connectivity index (χ1v) is 16.9. The highest BCUT2D eigenvalue weighted by atomic mass is 32.2. The molecule has 23 heteroatoms. The molecule has 0 heterocycles. The third-order valence-electron chi connectivity index (χ3n) is 8.52. The third-order valence-corrected chi connectivity index (χ3v) is 9.43. The highest BCUT2D eigenvalue weighted by Crippen LogP contribution is 2.65. The second-order valence-electron chi connectivity index (χ2n) is 12.3. The summed E-state index contributed by atoms with van der Waals surface area (Å²) in [6.45, 7) is 0.417. The molecule has 4 aromatic carbocycles. The number of halogens is 16. The maximum absolute atomic E-state index is 15.2. The van der Waals surface area contributed by atoms with E-state index in [-0.39, 0.29) is 17.6 Å². The molecular formula is C35H22F16O6S. The zero-order valence-corrected chi connectivity index (χ0v) is 29.4. The van der Waals surface area contributed by atoms with Crippen molar-refractivity contribution in [2.24, 2.45) is 0 Å². The van der Waals surface area contributed by atoms with Crippen molar-refractivity contribution < 1.29 is 97.5 Å². The zero-order valence-electron chi connectivity index (χ0n) is 28.6. The van der Waals surface area contributed by atoms with Gasteiger partial charge in [0, 0.05) is 16.7 Å². The predicted molar refractivity (Wildman–Crippen MR) is 170 cm³/mol. The van der Waals surface area contributed by atoms with Crippen molar-refractivity contribution in [2.45, 2.75) is 53.6 Å². The molecule has 316 valence electrons. The van der Waals surface area contributed by atoms with Crippen LogP contribution in [0.5, 0.6) is 17.2 Å². The Bertz CT molecular complexity index is 2260. The van der Waals surface area contributed by atoms with Crippen LogP contribution in [0.3, 0.4) is 0 Å². The SMILES string of the molecule is COc1ccc(-c2ccc(Oc3ccc(C(=O)c4ccc(C)c(C(F)(F)C(F)(F)C(F)(F)C(F)(F)C(F)(F)C(F)(F)C(F)(F)C(F)(F)S(=O)(=O)O)c4)cc3)cc2)cc1. The smallest absolute Gasteiger partial charge is 0.438 e. The van der Waals surface area contributed by atoms with E-state index >= 15 is 8.78 Å². The Labute approximate surface area is 315 Å². The van der Waals surface area contributed by atoms with Crippen LogP contribution in [-0.2, 0) is 16.0 Å². The van der Waals surface area contributed by atoms with E-state index in [1.54, 1.807) is 48.5 Å². The first-order chi connectivity index (χ1) is 26.2. The minimum absolute atomic E-state index is 0.0644. The number of rotatable bonds is 15. The molecule has 0 amide bonds. The molecule has 1 N–H and O–H groups in total. The van der Waals surface area contributed by atoms with E-state index in [0.717, 1.165) is 35.4 Å². The summed E-state index contributed by atoms with van der Waals surface area (Å²) in [4.78, 5) is 13.1. The number of carbonyl (C=O) groups excluding carboxylic acids is 1. The van der Waals surface area contributed by atoms with Crippen LogP contribution < -0.4 is 9.47 Å². The van der Waals surface area contributed by atoms with E-state index in [1.165, 1.54) is 7.11 Å². The van der Waals surface area contributed by atoms with Gasteiger partial charge in [-0.2, -0.15) is 78.7 Å². The number of benzene rings is 4. The molecule has 4 rings (SSSR count). The molecular weight excluding hydrogens is 852 g/mol. The standard InChI is InChI=1S/C35H22F16O6S/c1-18-3-4-22(27(52)21-9-15-25(16-10-21)57-24-13-7-20(8-14-24)19-5-11-23(56-2)12-6-19)17-26(18)28(36,37)29(38,39)30(40,41)31(42,43)32(44,45)33(46,47)34(48,49)35(50,51)58(53,54)55/h3-17H,1-2H3,(H,53,54,55). The van der Waals surface area contributed by atoms with Crippen LogP contribution in [0.25, 0.3) is 11.1 Å². The van der Waals surface area contributed by atoms with E-state index in [0.29, 0.717) is 24.8 Å². The van der Waals surface area contributed by atoms with Crippen LogP contribution in [0.1, 0.15) is 27.0 Å². The van der Waals surface area contributed by atoms with Gasteiger partial charge in [-0.1, -0.05) is 36.4 Å². The summed E-state index contributed by atoms with van der Waals surface area (Å²) in [7, 11) is -6.48. The van der Waals surface area contributed by atoms with Gasteiger partial charge >= 0.3 is 56.8 Å². The van der Waals surface area contributed by atoms with Crippen LogP contribution in [-0.4, -0.2) is 66.7 Å². The molecule has 4 aromatic rings. The van der Waals surface area contributed by atoms with Crippen molar-refractivity contribution in [1.82, 2.24) is 0 Å². The van der Waals surface area contributed by atoms with Crippen LogP contribution in [0.15, 0.2) is 91.0 Å². The lowest BCUT2D eigenvalue weighted by Gasteiger charge is -2.43. The number of hydrogen-bond donors (Lipinski definition) is 1. The number of alkyl halides is 16. The Balaban J connectivity index is 1.62. The molecule has 0 spiro atoms. The molecule has 0 radical (unpaired) electrons. The Morgan fingerprint density at radius 3 is 1.29 bits per heavy atom. The molecule has 0 unspecified atom stereocenters. The molecule has 0 aromatic heterocycles. The van der Waals surface area contributed by atoms with Crippen LogP contribution in [0, 0.1) is 6.92 Å². The second kappa shape index (κ2) is 14.6. The molecule has 0 fully saturated rings. The van der Waals surface area contributed by atoms with Gasteiger partial charge in [-0.25, -0.2) is 0 Å². The van der Waals surface area contributed by atoms with Gasteiger partial charge < -0.3 is 9.47 Å². The minimum atomic E-state index is -8.91. The fourth-order valence-corrected chi connectivity index (χ4v) is 5.53. The van der Waals surface area contributed by atoms with Gasteiger partial charge in [0.1, 0.15) is 17.2 Å². The van der Waals surface area contributed by atoms with Crippen LogP contribution in [0.4, 0.5) is 70.2 Å². The number of ether oxygens (including phenoxy) is 2. The number of carbonyl (C=O) groups is 1. The van der Waals surface area contributed by atoms with Gasteiger partial charge in [0.15, 0.2) is 5.78 Å². The van der Waals surface area contributed by atoms with Gasteiger partial charge in [0.25, 0.3) is 0 Å². The Morgan fingerprint density at radius 1 is 0.517 bits per heavy atom. The van der Waals surface area contributed by atoms with Crippen molar-refractivity contribution in [3.05, 3.63) is 113 Å². The molecule has 0 aliphatic carbocycles. The summed E-state index contributed by atoms with van der Waals surface area (Å²) in [5, 5.41) is -7.88. The molecule has 0 bridgehead atoms. The number of ketones is 1. The first-order valence-electron chi connectivity index (χ1n) is 15.4. The summed E-state index contributed by atoms with van der Waals surface area (Å²) in [6, 6.07) is 18.5. The lowest BCUT2D eigenvalue weighted by molar-refractivity contribution is -0.450. The first kappa shape index (κ1) is 45.6. The van der Waals surface area contributed by atoms with Gasteiger partial charge in [0.2, 0.25) is 0 Å². The van der Waals surface area contributed by atoms with E-state index in [9.17, 15) is 74.7 Å². The number of aryl methyl sites for hydroxylation is 1. The molecule has 0 aliphatic rings. The molecule has 0 saturated heterocycles. The van der Waals surface area contributed by atoms with Gasteiger partial charge in [0.05, 0.1) is 7.11 Å². The van der Waals surface area contributed by atoms with E-state index in [4.69, 9.17) is 14.0 Å². The van der Waals surface area contributed by atoms with Crippen molar-refractivity contribution in [1.29, 1.82) is 0 Å². The third kappa shape index (κ3) is 7.08. The average Bonchev–Trinajstić information content (AvgIpc) is 3.14. The molecule has 0 aliphatic heterocycles. The van der Waals surface area contributed by atoms with Crippen LogP contribution in [0.2, 0.25) is 0 Å². The summed E-state index contributed by atoms with van der Waals surface area (Å²) in [6.07, 6.45) is 0. The Kier molecular flexibility index (Phi) is 11.5. The van der Waals surface area contributed by atoms with Gasteiger partial charge in [-0.05, 0) is 78.2 Å². The fraction of sp³-hybridized carbons (Fsp3) is 0.286. The van der Waals surface area contributed by atoms with Crippen molar-refractivity contribution in [3.63, 3.8) is 0 Å². The van der Waals surface area contributed by atoms with Gasteiger partial charge in [-0.15, -0.1) is 0 Å². The van der Waals surface area contributed by atoms with Crippen molar-refractivity contribution in [2.75, 3.05) is 7.11 Å². The van der Waals surface area contributed by atoms with E-state index in [1.807, 2.05) is 0 Å². The average molecular weight is 875 g/mol. The fourth-order valence-electron chi connectivity index (χ4n) is 5.08.